The summed E-state index contributed by atoms with van der Waals surface area (Å²) in [6.07, 6.45) is 1.85. The number of pyridine rings is 1. The Labute approximate surface area is 153 Å². The van der Waals surface area contributed by atoms with Gasteiger partial charge in [-0.15, -0.1) is 0 Å². The largest absolute Gasteiger partial charge is 0.496 e. The molecule has 1 N–H and O–H groups in total. The Balaban J connectivity index is 2.07. The molecule has 0 bridgehead atoms. The van der Waals surface area contributed by atoms with Crippen molar-refractivity contribution in [3.63, 3.8) is 0 Å². The predicted octanol–water partition coefficient (Wildman–Crippen LogP) is 3.86. The number of para-hydroxylation sites is 1. The van der Waals surface area contributed by atoms with Gasteiger partial charge in [0.05, 0.1) is 12.6 Å². The molecule has 2 heterocycles. The average Bonchev–Trinajstić information content (AvgIpc) is 2.93. The van der Waals surface area contributed by atoms with E-state index in [1.54, 1.807) is 7.11 Å². The highest BCUT2D eigenvalue weighted by molar-refractivity contribution is 6.24. The van der Waals surface area contributed by atoms with Crippen molar-refractivity contribution in [2.75, 3.05) is 39.6 Å². The molecule has 0 unspecified atom stereocenters. The van der Waals surface area contributed by atoms with Gasteiger partial charge in [-0.3, -0.25) is 0 Å². The Hall–Kier alpha value is -2.79. The average molecular weight is 348 g/mol. The Morgan fingerprint density at radius 3 is 2.65 bits per heavy atom. The van der Waals surface area contributed by atoms with Gasteiger partial charge in [0.25, 0.3) is 0 Å². The fraction of sp³-hybridized carbons (Fsp3) is 0.286. The predicted molar refractivity (Wildman–Crippen MR) is 109 cm³/mol. The van der Waals surface area contributed by atoms with Crippen LogP contribution < -0.4 is 10.1 Å². The van der Waals surface area contributed by atoms with Crippen LogP contribution in [0, 0.1) is 0 Å². The number of likely N-dealkylation sites (N-methyl/N-ethyl adjacent to an activating group) is 1. The molecule has 0 aliphatic carbocycles. The van der Waals surface area contributed by atoms with Crippen LogP contribution in [-0.4, -0.2) is 48.7 Å². The molecular weight excluding hydrogens is 324 g/mol. The number of ether oxygens (including phenoxy) is 1. The van der Waals surface area contributed by atoms with Crippen molar-refractivity contribution in [2.45, 2.75) is 0 Å². The summed E-state index contributed by atoms with van der Waals surface area (Å²) in [5.41, 5.74) is 2.36. The maximum absolute atomic E-state index is 5.71. The van der Waals surface area contributed by atoms with E-state index in [2.05, 4.69) is 71.2 Å². The van der Waals surface area contributed by atoms with Gasteiger partial charge in [-0.05, 0) is 26.2 Å². The van der Waals surface area contributed by atoms with Gasteiger partial charge in [0.15, 0.2) is 0 Å². The third kappa shape index (κ3) is 2.56. The van der Waals surface area contributed by atoms with Crippen LogP contribution in [0.15, 0.2) is 42.6 Å². The Morgan fingerprint density at radius 2 is 1.88 bits per heavy atom. The minimum Gasteiger partial charge on any atom is -0.496 e. The highest BCUT2D eigenvalue weighted by Gasteiger charge is 2.17. The van der Waals surface area contributed by atoms with Crippen LogP contribution in [-0.2, 0) is 7.05 Å². The maximum atomic E-state index is 5.71. The van der Waals surface area contributed by atoms with Crippen molar-refractivity contribution >= 4 is 38.4 Å². The summed E-state index contributed by atoms with van der Waals surface area (Å²) in [4.78, 5) is 6.81. The van der Waals surface area contributed by atoms with Gasteiger partial charge in [0.1, 0.15) is 11.6 Å². The molecular formula is C21H24N4O. The third-order valence-corrected chi connectivity index (χ3v) is 4.96. The van der Waals surface area contributed by atoms with Gasteiger partial charge in [-0.2, -0.15) is 0 Å². The number of fused-ring (bicyclic) bond motifs is 5. The molecule has 5 heteroatoms. The lowest BCUT2D eigenvalue weighted by atomic mass is 10.0. The Bertz CT molecular complexity index is 1100. The zero-order chi connectivity index (χ0) is 18.3. The van der Waals surface area contributed by atoms with Crippen molar-refractivity contribution in [3.05, 3.63) is 42.6 Å². The second-order valence-corrected chi connectivity index (χ2v) is 6.86. The van der Waals surface area contributed by atoms with Crippen LogP contribution in [0.5, 0.6) is 5.75 Å². The maximum Gasteiger partial charge on any atom is 0.134 e. The molecule has 0 amide bonds. The molecule has 4 aromatic rings. The number of anilines is 1. The van der Waals surface area contributed by atoms with Crippen molar-refractivity contribution < 1.29 is 4.74 Å². The zero-order valence-electron chi connectivity index (χ0n) is 15.7. The van der Waals surface area contributed by atoms with E-state index in [9.17, 15) is 0 Å². The van der Waals surface area contributed by atoms with Gasteiger partial charge in [0, 0.05) is 59.5 Å². The lowest BCUT2D eigenvalue weighted by Gasteiger charge is -2.14. The van der Waals surface area contributed by atoms with Crippen molar-refractivity contribution in [3.8, 4) is 5.75 Å². The normalized spacial score (nSPS) is 11.7. The summed E-state index contributed by atoms with van der Waals surface area (Å²) < 4.78 is 7.93. The standard InChI is InChI=1S/C21H24N4O/c1-24(2)12-11-23-21-20-15(9-10-22-21)18(26-4)13-17-19(20)14-7-5-6-8-16(14)25(17)3/h5-10,13H,11-12H2,1-4H3,(H,22,23). The van der Waals surface area contributed by atoms with Crippen LogP contribution in [0.3, 0.4) is 0 Å². The van der Waals surface area contributed by atoms with E-state index < -0.39 is 0 Å². The molecule has 2 aromatic heterocycles. The van der Waals surface area contributed by atoms with E-state index in [-0.39, 0.29) is 0 Å². The zero-order valence-corrected chi connectivity index (χ0v) is 15.7. The van der Waals surface area contributed by atoms with Crippen LogP contribution >= 0.6 is 0 Å². The SMILES string of the molecule is COc1cc2c(c3ccccc3n2C)c2c(NCCN(C)C)nccc12. The van der Waals surface area contributed by atoms with Gasteiger partial charge >= 0.3 is 0 Å². The number of nitrogens with zero attached hydrogens (tertiary/aromatic N) is 3. The van der Waals surface area contributed by atoms with Gasteiger partial charge in [0.2, 0.25) is 0 Å². The monoisotopic (exact) mass is 348 g/mol. The van der Waals surface area contributed by atoms with Crippen molar-refractivity contribution in [2.24, 2.45) is 7.05 Å². The summed E-state index contributed by atoms with van der Waals surface area (Å²) in [5.74, 6) is 1.78. The summed E-state index contributed by atoms with van der Waals surface area (Å²) in [5, 5.41) is 8.18. The number of hydrogen-bond acceptors (Lipinski definition) is 4. The van der Waals surface area contributed by atoms with E-state index in [0.717, 1.165) is 40.9 Å². The number of benzene rings is 2. The highest BCUT2D eigenvalue weighted by Crippen LogP contribution is 2.41. The number of rotatable bonds is 5. The van der Waals surface area contributed by atoms with E-state index in [1.165, 1.54) is 16.3 Å². The first-order valence-electron chi connectivity index (χ1n) is 8.83. The van der Waals surface area contributed by atoms with E-state index in [0.29, 0.717) is 0 Å². The molecule has 0 aliphatic rings. The van der Waals surface area contributed by atoms with E-state index in [1.807, 2.05) is 12.3 Å². The van der Waals surface area contributed by atoms with Crippen molar-refractivity contribution in [1.29, 1.82) is 0 Å². The molecule has 134 valence electrons. The van der Waals surface area contributed by atoms with Crippen LogP contribution in [0.25, 0.3) is 32.6 Å². The molecule has 0 aliphatic heterocycles. The lowest BCUT2D eigenvalue weighted by molar-refractivity contribution is 0.420. The van der Waals surface area contributed by atoms with Gasteiger partial charge < -0.3 is 19.5 Å². The Kier molecular flexibility index (Phi) is 4.17. The number of aromatic nitrogens is 2. The Morgan fingerprint density at radius 1 is 1.08 bits per heavy atom. The molecule has 2 aromatic carbocycles. The fourth-order valence-electron chi connectivity index (χ4n) is 3.67. The summed E-state index contributed by atoms with van der Waals surface area (Å²) >= 11 is 0. The molecule has 0 fully saturated rings. The van der Waals surface area contributed by atoms with E-state index >= 15 is 0 Å². The van der Waals surface area contributed by atoms with Crippen molar-refractivity contribution in [1.82, 2.24) is 14.5 Å². The number of methoxy groups -OCH3 is 1. The number of aryl methyl sites for hydroxylation is 1. The highest BCUT2D eigenvalue weighted by atomic mass is 16.5. The first-order valence-corrected chi connectivity index (χ1v) is 8.83. The summed E-state index contributed by atoms with van der Waals surface area (Å²) in [6.45, 7) is 1.78. The minimum atomic E-state index is 0.836. The second kappa shape index (κ2) is 6.50. The third-order valence-electron chi connectivity index (χ3n) is 4.96. The molecule has 0 radical (unpaired) electrons. The first kappa shape index (κ1) is 16.7. The quantitative estimate of drug-likeness (QED) is 0.595. The first-order chi connectivity index (χ1) is 12.6. The fourth-order valence-corrected chi connectivity index (χ4v) is 3.67. The molecule has 0 atom stereocenters. The van der Waals surface area contributed by atoms with E-state index in [4.69, 9.17) is 4.74 Å². The summed E-state index contributed by atoms with van der Waals surface area (Å²) in [7, 11) is 7.97. The molecule has 26 heavy (non-hydrogen) atoms. The lowest BCUT2D eigenvalue weighted by Crippen LogP contribution is -2.21. The molecule has 0 spiro atoms. The number of hydrogen-bond donors (Lipinski definition) is 1. The van der Waals surface area contributed by atoms with Crippen LogP contribution in [0.4, 0.5) is 5.82 Å². The van der Waals surface area contributed by atoms with Gasteiger partial charge in [-0.1, -0.05) is 18.2 Å². The molecule has 0 saturated heterocycles. The number of nitrogens with one attached hydrogen (secondary N) is 1. The second-order valence-electron chi connectivity index (χ2n) is 6.86. The summed E-state index contributed by atoms with van der Waals surface area (Å²) in [6, 6.07) is 12.7. The topological polar surface area (TPSA) is 42.3 Å². The molecule has 4 rings (SSSR count). The smallest absolute Gasteiger partial charge is 0.134 e. The molecule has 0 saturated carbocycles. The molecule has 5 nitrogen and oxygen atoms in total. The van der Waals surface area contributed by atoms with Crippen LogP contribution in [0.1, 0.15) is 0 Å². The van der Waals surface area contributed by atoms with Gasteiger partial charge in [-0.25, -0.2) is 4.98 Å². The van der Waals surface area contributed by atoms with Crippen LogP contribution in [0.2, 0.25) is 0 Å². The minimum absolute atomic E-state index is 0.836.